The van der Waals surface area contributed by atoms with Gasteiger partial charge in [-0.1, -0.05) is 19.9 Å². The van der Waals surface area contributed by atoms with Gasteiger partial charge in [0.25, 0.3) is 0 Å². The van der Waals surface area contributed by atoms with Gasteiger partial charge in [-0.25, -0.2) is 8.78 Å². The molecule has 0 spiro atoms. The maximum atomic E-state index is 13.3. The van der Waals surface area contributed by atoms with Crippen molar-refractivity contribution in [3.63, 3.8) is 0 Å². The van der Waals surface area contributed by atoms with Gasteiger partial charge < -0.3 is 15.2 Å². The van der Waals surface area contributed by atoms with Crippen LogP contribution in [0.2, 0.25) is 0 Å². The minimum absolute atomic E-state index is 0.0840. The number of rotatable bonds is 8. The maximum Gasteiger partial charge on any atom is 0.159 e. The molecule has 0 saturated heterocycles. The van der Waals surface area contributed by atoms with Crippen molar-refractivity contribution in [2.75, 3.05) is 26.9 Å². The largest absolute Gasteiger partial charge is 0.396 e. The zero-order chi connectivity index (χ0) is 15.2. The Morgan fingerprint density at radius 2 is 2.00 bits per heavy atom. The van der Waals surface area contributed by atoms with Gasteiger partial charge >= 0.3 is 0 Å². The van der Waals surface area contributed by atoms with E-state index < -0.39 is 11.6 Å². The molecule has 20 heavy (non-hydrogen) atoms. The summed E-state index contributed by atoms with van der Waals surface area (Å²) in [5.41, 5.74) is 0.560. The van der Waals surface area contributed by atoms with Crippen molar-refractivity contribution in [2.24, 2.45) is 5.41 Å². The zero-order valence-electron chi connectivity index (χ0n) is 12.2. The molecule has 0 saturated carbocycles. The van der Waals surface area contributed by atoms with Crippen LogP contribution >= 0.6 is 0 Å². The van der Waals surface area contributed by atoms with E-state index in [9.17, 15) is 8.78 Å². The molecule has 114 valence electrons. The number of halogens is 2. The van der Waals surface area contributed by atoms with Crippen molar-refractivity contribution in [3.05, 3.63) is 35.4 Å². The fourth-order valence-corrected chi connectivity index (χ4v) is 1.96. The first-order valence-corrected chi connectivity index (χ1v) is 6.68. The van der Waals surface area contributed by atoms with E-state index in [0.717, 1.165) is 6.07 Å². The average Bonchev–Trinajstić information content (AvgIpc) is 2.38. The third-order valence-corrected chi connectivity index (χ3v) is 3.29. The van der Waals surface area contributed by atoms with Crippen LogP contribution in [0, 0.1) is 17.0 Å². The van der Waals surface area contributed by atoms with Gasteiger partial charge in [0, 0.05) is 20.3 Å². The van der Waals surface area contributed by atoms with Crippen LogP contribution in [-0.4, -0.2) is 32.0 Å². The summed E-state index contributed by atoms with van der Waals surface area (Å²) in [5, 5.41) is 12.3. The van der Waals surface area contributed by atoms with E-state index >= 15 is 0 Å². The lowest BCUT2D eigenvalue weighted by Gasteiger charge is -2.28. The molecule has 0 aliphatic carbocycles. The monoisotopic (exact) mass is 287 g/mol. The van der Waals surface area contributed by atoms with Crippen molar-refractivity contribution in [1.29, 1.82) is 0 Å². The molecular weight excluding hydrogens is 264 g/mol. The lowest BCUT2D eigenvalue weighted by Crippen LogP contribution is -2.35. The fraction of sp³-hybridized carbons (Fsp3) is 0.600. The second kappa shape index (κ2) is 7.67. The number of ether oxygens (including phenoxy) is 1. The number of aliphatic hydroxyl groups excluding tert-OH is 1. The van der Waals surface area contributed by atoms with Gasteiger partial charge in [-0.05, 0) is 29.5 Å². The van der Waals surface area contributed by atoms with Crippen molar-refractivity contribution >= 4 is 0 Å². The summed E-state index contributed by atoms with van der Waals surface area (Å²) >= 11 is 0. The van der Waals surface area contributed by atoms with Crippen LogP contribution in [0.25, 0.3) is 0 Å². The number of nitrogens with one attached hydrogen (secondary N) is 1. The summed E-state index contributed by atoms with van der Waals surface area (Å²) < 4.78 is 31.4. The molecule has 0 amide bonds. The highest BCUT2D eigenvalue weighted by Gasteiger charge is 2.20. The van der Waals surface area contributed by atoms with Crippen LogP contribution in [0.1, 0.15) is 31.9 Å². The van der Waals surface area contributed by atoms with Crippen LogP contribution < -0.4 is 5.32 Å². The number of hydrogen-bond acceptors (Lipinski definition) is 3. The molecule has 1 unspecified atom stereocenters. The van der Waals surface area contributed by atoms with Gasteiger partial charge in [0.05, 0.1) is 12.6 Å². The second-order valence-corrected chi connectivity index (χ2v) is 5.70. The van der Waals surface area contributed by atoms with Gasteiger partial charge in [0.15, 0.2) is 11.6 Å². The minimum Gasteiger partial charge on any atom is -0.396 e. The van der Waals surface area contributed by atoms with E-state index in [0.29, 0.717) is 25.1 Å². The molecular formula is C15H23F2NO2. The highest BCUT2D eigenvalue weighted by Crippen LogP contribution is 2.22. The molecule has 0 radical (unpaired) electrons. The van der Waals surface area contributed by atoms with E-state index in [4.69, 9.17) is 9.84 Å². The lowest BCUT2D eigenvalue weighted by molar-refractivity contribution is 0.151. The Morgan fingerprint density at radius 3 is 2.55 bits per heavy atom. The van der Waals surface area contributed by atoms with Crippen molar-refractivity contribution < 1.29 is 18.6 Å². The molecule has 0 bridgehead atoms. The molecule has 2 N–H and O–H groups in total. The quantitative estimate of drug-likeness (QED) is 0.772. The minimum atomic E-state index is -0.861. The van der Waals surface area contributed by atoms with Crippen LogP contribution in [0.15, 0.2) is 18.2 Å². The number of methoxy groups -OCH3 is 1. The van der Waals surface area contributed by atoms with Crippen LogP contribution in [0.5, 0.6) is 0 Å². The van der Waals surface area contributed by atoms with E-state index in [1.807, 2.05) is 13.8 Å². The van der Waals surface area contributed by atoms with Gasteiger partial charge in [0.1, 0.15) is 0 Å². The maximum absolute atomic E-state index is 13.3. The Hall–Kier alpha value is -1.04. The van der Waals surface area contributed by atoms with Crippen LogP contribution in [-0.2, 0) is 4.74 Å². The normalized spacial score (nSPS) is 13.5. The Kier molecular flexibility index (Phi) is 6.52. The molecule has 5 heteroatoms. The highest BCUT2D eigenvalue weighted by molar-refractivity contribution is 5.21. The molecule has 1 aromatic rings. The third kappa shape index (κ3) is 5.15. The first-order valence-electron chi connectivity index (χ1n) is 6.68. The van der Waals surface area contributed by atoms with E-state index in [-0.39, 0.29) is 18.1 Å². The molecule has 0 aliphatic heterocycles. The zero-order valence-corrected chi connectivity index (χ0v) is 12.2. The van der Waals surface area contributed by atoms with Crippen molar-refractivity contribution in [3.8, 4) is 0 Å². The second-order valence-electron chi connectivity index (χ2n) is 5.70. The highest BCUT2D eigenvalue weighted by atomic mass is 19.2. The smallest absolute Gasteiger partial charge is 0.159 e. The van der Waals surface area contributed by atoms with Gasteiger partial charge in [-0.3, -0.25) is 0 Å². The average molecular weight is 287 g/mol. The Labute approximate surface area is 119 Å². The molecule has 1 aromatic carbocycles. The summed E-state index contributed by atoms with van der Waals surface area (Å²) in [4.78, 5) is 0. The van der Waals surface area contributed by atoms with Crippen molar-refractivity contribution in [2.45, 2.75) is 26.3 Å². The summed E-state index contributed by atoms with van der Waals surface area (Å²) in [6.45, 7) is 5.19. The van der Waals surface area contributed by atoms with Gasteiger partial charge in [-0.15, -0.1) is 0 Å². The number of benzene rings is 1. The molecule has 0 aromatic heterocycles. The standard InChI is InChI=1S/C15H23F2NO2/c1-15(2,6-7-19)10-18-14(9-20-3)11-4-5-12(16)13(17)8-11/h4-5,8,14,18-19H,6-7,9-10H2,1-3H3. The SMILES string of the molecule is COCC(NCC(C)(C)CCO)c1ccc(F)c(F)c1. The molecule has 1 atom stereocenters. The predicted molar refractivity (Wildman–Crippen MR) is 74.5 cm³/mol. The summed E-state index contributed by atoms with van der Waals surface area (Å²) in [5.74, 6) is -1.72. The molecule has 3 nitrogen and oxygen atoms in total. The number of hydrogen-bond donors (Lipinski definition) is 2. The van der Waals surface area contributed by atoms with Crippen LogP contribution in [0.3, 0.4) is 0 Å². The van der Waals surface area contributed by atoms with Crippen LogP contribution in [0.4, 0.5) is 8.78 Å². The van der Waals surface area contributed by atoms with Gasteiger partial charge in [-0.2, -0.15) is 0 Å². The fourth-order valence-electron chi connectivity index (χ4n) is 1.96. The first-order chi connectivity index (χ1) is 9.39. The van der Waals surface area contributed by atoms with E-state index in [1.54, 1.807) is 13.2 Å². The van der Waals surface area contributed by atoms with Crippen molar-refractivity contribution in [1.82, 2.24) is 5.32 Å². The molecule has 0 aliphatic rings. The third-order valence-electron chi connectivity index (χ3n) is 3.29. The Balaban J connectivity index is 2.75. The first kappa shape index (κ1) is 17.0. The summed E-state index contributed by atoms with van der Waals surface area (Å²) in [7, 11) is 1.56. The topological polar surface area (TPSA) is 41.5 Å². The Bertz CT molecular complexity index is 424. The number of aliphatic hydroxyl groups is 1. The molecule has 0 fully saturated rings. The molecule has 0 heterocycles. The summed E-state index contributed by atoms with van der Waals surface area (Å²) in [6, 6.07) is 3.64. The Morgan fingerprint density at radius 1 is 1.30 bits per heavy atom. The van der Waals surface area contributed by atoms with Gasteiger partial charge in [0.2, 0.25) is 0 Å². The van der Waals surface area contributed by atoms with E-state index in [1.165, 1.54) is 6.07 Å². The summed E-state index contributed by atoms with van der Waals surface area (Å²) in [6.07, 6.45) is 0.664. The molecule has 1 rings (SSSR count). The van der Waals surface area contributed by atoms with E-state index in [2.05, 4.69) is 5.32 Å². The predicted octanol–water partition coefficient (Wildman–Crippen LogP) is 2.65. The lowest BCUT2D eigenvalue weighted by atomic mass is 9.89.